The van der Waals surface area contributed by atoms with E-state index in [1.165, 1.54) is 0 Å². The molecule has 7 heteroatoms. The number of carbonyl (C=O) groups excluding carboxylic acids is 2. The highest BCUT2D eigenvalue weighted by molar-refractivity contribution is 6.30. The SMILES string of the molecule is COc1ccccc1NC(=O)C1CCN(C(=O)C(C)Oc2ccc(Cl)cc2C)CC1. The number of hydrogen-bond acceptors (Lipinski definition) is 4. The van der Waals surface area contributed by atoms with Crippen LogP contribution >= 0.6 is 11.6 Å². The first kappa shape index (κ1) is 22.0. The summed E-state index contributed by atoms with van der Waals surface area (Å²) in [6, 6.07) is 12.6. The van der Waals surface area contributed by atoms with Crippen LogP contribution in [0.2, 0.25) is 5.02 Å². The second kappa shape index (κ2) is 9.85. The van der Waals surface area contributed by atoms with E-state index in [9.17, 15) is 9.59 Å². The Morgan fingerprint density at radius 2 is 1.83 bits per heavy atom. The Bertz CT molecular complexity index is 910. The third-order valence-electron chi connectivity index (χ3n) is 5.33. The maximum Gasteiger partial charge on any atom is 0.263 e. The zero-order valence-corrected chi connectivity index (χ0v) is 18.2. The van der Waals surface area contributed by atoms with E-state index in [-0.39, 0.29) is 17.7 Å². The minimum atomic E-state index is -0.608. The van der Waals surface area contributed by atoms with Gasteiger partial charge in [0, 0.05) is 24.0 Å². The minimum Gasteiger partial charge on any atom is -0.495 e. The lowest BCUT2D eigenvalue weighted by Crippen LogP contribution is -2.46. The Balaban J connectivity index is 1.52. The number of benzene rings is 2. The molecule has 2 aromatic rings. The van der Waals surface area contributed by atoms with Crippen molar-refractivity contribution >= 4 is 29.1 Å². The molecule has 0 radical (unpaired) electrons. The first-order valence-electron chi connectivity index (χ1n) is 10.0. The molecule has 0 bridgehead atoms. The first-order chi connectivity index (χ1) is 14.4. The van der Waals surface area contributed by atoms with Crippen LogP contribution in [0.15, 0.2) is 42.5 Å². The number of aryl methyl sites for hydroxylation is 1. The fourth-order valence-corrected chi connectivity index (χ4v) is 3.81. The summed E-state index contributed by atoms with van der Waals surface area (Å²) in [4.78, 5) is 27.2. The Hall–Kier alpha value is -2.73. The number of piperidine rings is 1. The third kappa shape index (κ3) is 5.25. The van der Waals surface area contributed by atoms with E-state index >= 15 is 0 Å². The van der Waals surface area contributed by atoms with Crippen LogP contribution in [0.1, 0.15) is 25.3 Å². The van der Waals surface area contributed by atoms with Gasteiger partial charge in [-0.3, -0.25) is 9.59 Å². The number of rotatable bonds is 6. The molecule has 1 aliphatic heterocycles. The molecule has 1 N–H and O–H groups in total. The number of amides is 2. The summed E-state index contributed by atoms with van der Waals surface area (Å²) in [6.07, 6.45) is 0.613. The van der Waals surface area contributed by atoms with Crippen molar-refractivity contribution in [3.8, 4) is 11.5 Å². The fraction of sp³-hybridized carbons (Fsp3) is 0.391. The van der Waals surface area contributed by atoms with Gasteiger partial charge in [0.1, 0.15) is 11.5 Å². The summed E-state index contributed by atoms with van der Waals surface area (Å²) in [5.74, 6) is 1.00. The predicted octanol–water partition coefficient (Wildman–Crippen LogP) is 4.30. The van der Waals surface area contributed by atoms with Crippen molar-refractivity contribution in [3.05, 3.63) is 53.1 Å². The number of para-hydroxylation sites is 2. The van der Waals surface area contributed by atoms with Crippen LogP contribution in [0.5, 0.6) is 11.5 Å². The molecule has 1 unspecified atom stereocenters. The second-order valence-electron chi connectivity index (χ2n) is 7.46. The molecule has 0 aliphatic carbocycles. The zero-order chi connectivity index (χ0) is 21.7. The Morgan fingerprint density at radius 3 is 2.50 bits per heavy atom. The van der Waals surface area contributed by atoms with Crippen molar-refractivity contribution in [1.82, 2.24) is 4.90 Å². The highest BCUT2D eigenvalue weighted by Gasteiger charge is 2.30. The van der Waals surface area contributed by atoms with Crippen molar-refractivity contribution in [2.45, 2.75) is 32.8 Å². The largest absolute Gasteiger partial charge is 0.495 e. The minimum absolute atomic E-state index is 0.0484. The van der Waals surface area contributed by atoms with Crippen LogP contribution in [-0.2, 0) is 9.59 Å². The molecule has 30 heavy (non-hydrogen) atoms. The van der Waals surface area contributed by atoms with Gasteiger partial charge in [0.25, 0.3) is 5.91 Å². The van der Waals surface area contributed by atoms with Crippen LogP contribution < -0.4 is 14.8 Å². The monoisotopic (exact) mass is 430 g/mol. The molecule has 2 aromatic carbocycles. The normalized spacial score (nSPS) is 15.4. The maximum absolute atomic E-state index is 12.8. The fourth-order valence-electron chi connectivity index (χ4n) is 3.59. The van der Waals surface area contributed by atoms with Crippen LogP contribution in [0, 0.1) is 12.8 Å². The van der Waals surface area contributed by atoms with E-state index in [2.05, 4.69) is 5.32 Å². The molecule has 2 amide bonds. The number of nitrogens with zero attached hydrogens (tertiary/aromatic N) is 1. The lowest BCUT2D eigenvalue weighted by Gasteiger charge is -2.33. The summed E-state index contributed by atoms with van der Waals surface area (Å²) in [6.45, 7) is 4.69. The quantitative estimate of drug-likeness (QED) is 0.741. The molecule has 160 valence electrons. The van der Waals surface area contributed by atoms with Crippen LogP contribution in [0.3, 0.4) is 0 Å². The van der Waals surface area contributed by atoms with E-state index in [0.717, 1.165) is 5.56 Å². The molecule has 3 rings (SSSR count). The van der Waals surface area contributed by atoms with E-state index in [1.54, 1.807) is 43.2 Å². The van der Waals surface area contributed by atoms with Gasteiger partial charge in [-0.05, 0) is 62.6 Å². The number of ether oxygens (including phenoxy) is 2. The number of likely N-dealkylation sites (tertiary alicyclic amines) is 1. The van der Waals surface area contributed by atoms with Crippen molar-refractivity contribution in [3.63, 3.8) is 0 Å². The van der Waals surface area contributed by atoms with Gasteiger partial charge in [-0.1, -0.05) is 23.7 Å². The zero-order valence-electron chi connectivity index (χ0n) is 17.5. The first-order valence-corrected chi connectivity index (χ1v) is 10.4. The van der Waals surface area contributed by atoms with Crippen molar-refractivity contribution in [2.75, 3.05) is 25.5 Å². The number of hydrogen-bond donors (Lipinski definition) is 1. The second-order valence-corrected chi connectivity index (χ2v) is 7.90. The molecule has 0 spiro atoms. The number of halogens is 1. The summed E-state index contributed by atoms with van der Waals surface area (Å²) >= 11 is 5.97. The average molecular weight is 431 g/mol. The van der Waals surface area contributed by atoms with E-state index in [4.69, 9.17) is 21.1 Å². The van der Waals surface area contributed by atoms with Crippen LogP contribution in [0.25, 0.3) is 0 Å². The standard InChI is InChI=1S/C23H27ClN2O4/c1-15-14-18(24)8-9-20(15)30-16(2)23(28)26-12-10-17(11-13-26)22(27)25-19-6-4-5-7-21(19)29-3/h4-9,14,16-17H,10-13H2,1-3H3,(H,25,27). The van der Waals surface area contributed by atoms with Gasteiger partial charge < -0.3 is 19.7 Å². The topological polar surface area (TPSA) is 67.9 Å². The number of methoxy groups -OCH3 is 1. The lowest BCUT2D eigenvalue weighted by atomic mass is 9.95. The molecule has 6 nitrogen and oxygen atoms in total. The summed E-state index contributed by atoms with van der Waals surface area (Å²) < 4.78 is 11.1. The van der Waals surface area contributed by atoms with E-state index < -0.39 is 6.10 Å². The van der Waals surface area contributed by atoms with Crippen molar-refractivity contribution < 1.29 is 19.1 Å². The Morgan fingerprint density at radius 1 is 1.13 bits per heavy atom. The Labute approximate surface area is 182 Å². The summed E-state index contributed by atoms with van der Waals surface area (Å²) in [5, 5.41) is 3.57. The van der Waals surface area contributed by atoms with Crippen LogP contribution in [-0.4, -0.2) is 43.0 Å². The average Bonchev–Trinajstić information content (AvgIpc) is 2.75. The van der Waals surface area contributed by atoms with Crippen molar-refractivity contribution in [1.29, 1.82) is 0 Å². The lowest BCUT2D eigenvalue weighted by molar-refractivity contribution is -0.140. The Kier molecular flexibility index (Phi) is 7.21. The summed E-state index contributed by atoms with van der Waals surface area (Å²) in [7, 11) is 1.57. The van der Waals surface area contributed by atoms with Crippen molar-refractivity contribution in [2.24, 2.45) is 5.92 Å². The van der Waals surface area contributed by atoms with Gasteiger partial charge in [0.15, 0.2) is 6.10 Å². The molecule has 0 aromatic heterocycles. The van der Waals surface area contributed by atoms with Gasteiger partial charge in [-0.25, -0.2) is 0 Å². The predicted molar refractivity (Wildman–Crippen MR) is 117 cm³/mol. The van der Waals surface area contributed by atoms with Gasteiger partial charge in [0.2, 0.25) is 5.91 Å². The molecular formula is C23H27ClN2O4. The number of carbonyl (C=O) groups is 2. The highest BCUT2D eigenvalue weighted by Crippen LogP contribution is 2.27. The third-order valence-corrected chi connectivity index (χ3v) is 5.57. The molecule has 0 saturated carbocycles. The molecule has 1 heterocycles. The summed E-state index contributed by atoms with van der Waals surface area (Å²) in [5.41, 5.74) is 1.54. The number of anilines is 1. The van der Waals surface area contributed by atoms with Gasteiger partial charge >= 0.3 is 0 Å². The van der Waals surface area contributed by atoms with Gasteiger partial charge in [-0.15, -0.1) is 0 Å². The van der Waals surface area contributed by atoms with Gasteiger partial charge in [-0.2, -0.15) is 0 Å². The van der Waals surface area contributed by atoms with E-state index in [0.29, 0.717) is 48.1 Å². The molecule has 1 atom stereocenters. The molecule has 1 saturated heterocycles. The van der Waals surface area contributed by atoms with Gasteiger partial charge in [0.05, 0.1) is 12.8 Å². The molecule has 1 aliphatic rings. The van der Waals surface area contributed by atoms with Crippen LogP contribution in [0.4, 0.5) is 5.69 Å². The number of nitrogens with one attached hydrogen (secondary N) is 1. The van der Waals surface area contributed by atoms with E-state index in [1.807, 2.05) is 25.1 Å². The molecule has 1 fully saturated rings. The molecular weight excluding hydrogens is 404 g/mol. The maximum atomic E-state index is 12.8. The smallest absolute Gasteiger partial charge is 0.263 e. The highest BCUT2D eigenvalue weighted by atomic mass is 35.5.